The third-order valence-electron chi connectivity index (χ3n) is 5.24. The van der Waals surface area contributed by atoms with E-state index in [-0.39, 0.29) is 17.9 Å². The molecule has 188 valence electrons. The zero-order valence-corrected chi connectivity index (χ0v) is 20.3. The van der Waals surface area contributed by atoms with E-state index in [1.54, 1.807) is 43.5 Å². The van der Waals surface area contributed by atoms with Gasteiger partial charge in [-0.15, -0.1) is 0 Å². The summed E-state index contributed by atoms with van der Waals surface area (Å²) in [6.07, 6.45) is 0.749. The molecule has 2 N–H and O–H groups in total. The topological polar surface area (TPSA) is 112 Å². The van der Waals surface area contributed by atoms with Crippen LogP contribution in [0.2, 0.25) is 0 Å². The molecule has 0 aliphatic heterocycles. The molecule has 0 aliphatic rings. The highest BCUT2D eigenvalue weighted by Crippen LogP contribution is 2.29. The molecule has 0 unspecified atom stereocenters. The van der Waals surface area contributed by atoms with Gasteiger partial charge in [0.2, 0.25) is 5.91 Å². The van der Waals surface area contributed by atoms with Gasteiger partial charge in [-0.2, -0.15) is 0 Å². The van der Waals surface area contributed by atoms with Gasteiger partial charge < -0.3 is 29.6 Å². The maximum Gasteiger partial charge on any atom is 0.340 e. The van der Waals surface area contributed by atoms with E-state index in [4.69, 9.17) is 18.9 Å². The SMILES string of the molecule is COc1ccc(CCC(=O)Nc2ccccc2C(=O)OCC(=O)Nc2ccc(OC)cc2OC)cc1. The molecule has 0 radical (unpaired) electrons. The summed E-state index contributed by atoms with van der Waals surface area (Å²) >= 11 is 0. The smallest absolute Gasteiger partial charge is 0.340 e. The number of hydrogen-bond donors (Lipinski definition) is 2. The Morgan fingerprint density at radius 2 is 1.39 bits per heavy atom. The predicted octanol–water partition coefficient (Wildman–Crippen LogP) is 4.08. The minimum atomic E-state index is -0.738. The van der Waals surface area contributed by atoms with Gasteiger partial charge in [-0.3, -0.25) is 9.59 Å². The molecule has 3 aromatic rings. The molecule has 0 atom stereocenters. The fourth-order valence-corrected chi connectivity index (χ4v) is 3.33. The molecule has 0 fully saturated rings. The molecule has 3 aromatic carbocycles. The first kappa shape index (κ1) is 26.1. The van der Waals surface area contributed by atoms with Crippen molar-refractivity contribution in [2.24, 2.45) is 0 Å². The van der Waals surface area contributed by atoms with Crippen molar-refractivity contribution < 1.29 is 33.3 Å². The van der Waals surface area contributed by atoms with E-state index in [2.05, 4.69) is 10.6 Å². The maximum atomic E-state index is 12.6. The molecule has 0 aromatic heterocycles. The number of rotatable bonds is 11. The van der Waals surface area contributed by atoms with Crippen molar-refractivity contribution in [2.75, 3.05) is 38.6 Å². The predicted molar refractivity (Wildman–Crippen MR) is 135 cm³/mol. The highest BCUT2D eigenvalue weighted by Gasteiger charge is 2.17. The van der Waals surface area contributed by atoms with Crippen molar-refractivity contribution in [1.82, 2.24) is 0 Å². The molecule has 9 nitrogen and oxygen atoms in total. The van der Waals surface area contributed by atoms with Crippen LogP contribution in [0.1, 0.15) is 22.3 Å². The average Bonchev–Trinajstić information content (AvgIpc) is 2.91. The molecule has 0 heterocycles. The van der Waals surface area contributed by atoms with E-state index < -0.39 is 18.5 Å². The van der Waals surface area contributed by atoms with E-state index in [1.807, 2.05) is 24.3 Å². The van der Waals surface area contributed by atoms with Crippen LogP contribution in [0.5, 0.6) is 17.2 Å². The maximum absolute atomic E-state index is 12.6. The number of aryl methyl sites for hydroxylation is 1. The van der Waals surface area contributed by atoms with Crippen molar-refractivity contribution in [1.29, 1.82) is 0 Å². The van der Waals surface area contributed by atoms with E-state index in [0.29, 0.717) is 29.3 Å². The lowest BCUT2D eigenvalue weighted by molar-refractivity contribution is -0.119. The monoisotopic (exact) mass is 492 g/mol. The Labute approximate surface area is 209 Å². The highest BCUT2D eigenvalue weighted by molar-refractivity contribution is 6.02. The van der Waals surface area contributed by atoms with Crippen LogP contribution in [0.4, 0.5) is 11.4 Å². The molecule has 0 saturated heterocycles. The fourth-order valence-electron chi connectivity index (χ4n) is 3.33. The fraction of sp³-hybridized carbons (Fsp3) is 0.222. The minimum absolute atomic E-state index is 0.144. The van der Waals surface area contributed by atoms with Crippen LogP contribution in [-0.4, -0.2) is 45.7 Å². The van der Waals surface area contributed by atoms with Gasteiger partial charge in [-0.05, 0) is 48.4 Å². The average molecular weight is 493 g/mol. The normalized spacial score (nSPS) is 10.2. The van der Waals surface area contributed by atoms with Crippen LogP contribution in [0.15, 0.2) is 66.7 Å². The number of hydrogen-bond acceptors (Lipinski definition) is 7. The molecule has 2 amide bonds. The van der Waals surface area contributed by atoms with E-state index >= 15 is 0 Å². The van der Waals surface area contributed by atoms with Gasteiger partial charge >= 0.3 is 5.97 Å². The summed E-state index contributed by atoms with van der Waals surface area (Å²) in [5, 5.41) is 5.38. The van der Waals surface area contributed by atoms with Gasteiger partial charge in [0, 0.05) is 12.5 Å². The van der Waals surface area contributed by atoms with Gasteiger partial charge in [-0.25, -0.2) is 4.79 Å². The first-order valence-electron chi connectivity index (χ1n) is 11.1. The minimum Gasteiger partial charge on any atom is -0.497 e. The summed E-state index contributed by atoms with van der Waals surface area (Å²) in [5.41, 5.74) is 1.84. The van der Waals surface area contributed by atoms with Crippen molar-refractivity contribution in [2.45, 2.75) is 12.8 Å². The van der Waals surface area contributed by atoms with Gasteiger partial charge in [0.25, 0.3) is 5.91 Å². The summed E-state index contributed by atoms with van der Waals surface area (Å²) in [6.45, 7) is -0.520. The van der Waals surface area contributed by atoms with Crippen LogP contribution in [-0.2, 0) is 20.7 Å². The summed E-state index contributed by atoms with van der Waals surface area (Å²) < 4.78 is 20.7. The highest BCUT2D eigenvalue weighted by atomic mass is 16.5. The van der Waals surface area contributed by atoms with Crippen molar-refractivity contribution in [3.63, 3.8) is 0 Å². The first-order chi connectivity index (χ1) is 17.4. The standard InChI is InChI=1S/C27H28N2O7/c1-33-19-11-8-18(9-12-19)10-15-25(30)28-22-7-5-4-6-21(22)27(32)36-17-26(31)29-23-14-13-20(34-2)16-24(23)35-3/h4-9,11-14,16H,10,15,17H2,1-3H3,(H,28,30)(H,29,31). The Hall–Kier alpha value is -4.53. The molecule has 3 rings (SSSR count). The summed E-state index contributed by atoms with van der Waals surface area (Å²) in [6, 6.07) is 18.8. The molecule has 36 heavy (non-hydrogen) atoms. The lowest BCUT2D eigenvalue weighted by atomic mass is 10.1. The molecular weight excluding hydrogens is 464 g/mol. The Balaban J connectivity index is 1.55. The van der Waals surface area contributed by atoms with Gasteiger partial charge in [0.1, 0.15) is 17.2 Å². The third kappa shape index (κ3) is 7.23. The third-order valence-corrected chi connectivity index (χ3v) is 5.24. The molecular formula is C27H28N2O7. The van der Waals surface area contributed by atoms with Crippen molar-refractivity contribution in [3.8, 4) is 17.2 Å². The van der Waals surface area contributed by atoms with Gasteiger partial charge in [0.05, 0.1) is 38.3 Å². The summed E-state index contributed by atoms with van der Waals surface area (Å²) in [5.74, 6) is 0.171. The summed E-state index contributed by atoms with van der Waals surface area (Å²) in [7, 11) is 4.58. The molecule has 0 saturated carbocycles. The van der Waals surface area contributed by atoms with Crippen LogP contribution < -0.4 is 24.8 Å². The number of benzene rings is 3. The van der Waals surface area contributed by atoms with Crippen molar-refractivity contribution in [3.05, 3.63) is 77.9 Å². The van der Waals surface area contributed by atoms with E-state index in [1.165, 1.54) is 20.3 Å². The number of para-hydroxylation sites is 1. The molecule has 0 bridgehead atoms. The molecule has 0 aliphatic carbocycles. The number of carbonyl (C=O) groups excluding carboxylic acids is 3. The van der Waals surface area contributed by atoms with Crippen LogP contribution in [0.25, 0.3) is 0 Å². The second-order valence-corrected chi connectivity index (χ2v) is 7.63. The summed E-state index contributed by atoms with van der Waals surface area (Å²) in [4.78, 5) is 37.5. The number of nitrogens with one attached hydrogen (secondary N) is 2. The van der Waals surface area contributed by atoms with E-state index in [9.17, 15) is 14.4 Å². The Bertz CT molecular complexity index is 1210. The molecule has 9 heteroatoms. The Morgan fingerprint density at radius 1 is 0.722 bits per heavy atom. The second kappa shape index (κ2) is 12.8. The van der Waals surface area contributed by atoms with Crippen molar-refractivity contribution >= 4 is 29.2 Å². The lowest BCUT2D eigenvalue weighted by Crippen LogP contribution is -2.22. The number of ether oxygens (including phenoxy) is 4. The number of esters is 1. The lowest BCUT2D eigenvalue weighted by Gasteiger charge is -2.13. The Kier molecular flexibility index (Phi) is 9.27. The van der Waals surface area contributed by atoms with Crippen LogP contribution in [0.3, 0.4) is 0 Å². The largest absolute Gasteiger partial charge is 0.497 e. The number of carbonyl (C=O) groups is 3. The first-order valence-corrected chi connectivity index (χ1v) is 11.1. The Morgan fingerprint density at radius 3 is 2.08 bits per heavy atom. The van der Waals surface area contributed by atoms with Crippen LogP contribution in [0, 0.1) is 0 Å². The zero-order valence-electron chi connectivity index (χ0n) is 20.3. The zero-order chi connectivity index (χ0) is 25.9. The van der Waals surface area contributed by atoms with E-state index in [0.717, 1.165) is 11.3 Å². The van der Waals surface area contributed by atoms with Gasteiger partial charge in [-0.1, -0.05) is 24.3 Å². The quantitative estimate of drug-likeness (QED) is 0.388. The second-order valence-electron chi connectivity index (χ2n) is 7.63. The number of amides is 2. The number of methoxy groups -OCH3 is 3. The van der Waals surface area contributed by atoms with Crippen LogP contribution >= 0.6 is 0 Å². The molecule has 0 spiro atoms. The number of anilines is 2. The van der Waals surface area contributed by atoms with Gasteiger partial charge in [0.15, 0.2) is 6.61 Å².